The zero-order valence-corrected chi connectivity index (χ0v) is 9.80. The lowest BCUT2D eigenvalue weighted by Crippen LogP contribution is -2.22. The maximum absolute atomic E-state index is 10.7. The first-order chi connectivity index (χ1) is 8.17. The molecule has 0 saturated heterocycles. The molecule has 0 amide bonds. The van der Waals surface area contributed by atoms with E-state index in [0.29, 0.717) is 0 Å². The molecule has 0 fully saturated rings. The molecule has 1 aromatic carbocycles. The normalized spacial score (nSPS) is 10.7. The molecule has 0 aliphatic carbocycles. The Balaban J connectivity index is 2.57. The van der Waals surface area contributed by atoms with Crippen LogP contribution < -0.4 is 4.90 Å². The number of nitro groups is 1. The molecule has 0 radical (unpaired) electrons. The maximum Gasteiger partial charge on any atom is 0.270 e. The van der Waals surface area contributed by atoms with Crippen molar-refractivity contribution in [1.82, 2.24) is 10.2 Å². The summed E-state index contributed by atoms with van der Waals surface area (Å²) in [6.45, 7) is 5.70. The summed E-state index contributed by atoms with van der Waals surface area (Å²) in [4.78, 5) is 12.4. The monoisotopic (exact) mass is 234 g/mol. The van der Waals surface area contributed by atoms with Gasteiger partial charge in [-0.2, -0.15) is 5.10 Å². The van der Waals surface area contributed by atoms with Gasteiger partial charge in [-0.1, -0.05) is 0 Å². The van der Waals surface area contributed by atoms with Crippen molar-refractivity contribution in [2.45, 2.75) is 13.8 Å². The van der Waals surface area contributed by atoms with Crippen LogP contribution >= 0.6 is 0 Å². The predicted octanol–water partition coefficient (Wildman–Crippen LogP) is 2.32. The smallest absolute Gasteiger partial charge is 0.270 e. The van der Waals surface area contributed by atoms with Crippen LogP contribution in [0.4, 0.5) is 11.5 Å². The van der Waals surface area contributed by atoms with Gasteiger partial charge in [0.15, 0.2) is 5.82 Å². The number of H-pyrrole nitrogens is 1. The number of hydrogen-bond donors (Lipinski definition) is 1. The minimum absolute atomic E-state index is 0.0901. The quantitative estimate of drug-likeness (QED) is 0.650. The molecule has 2 aromatic rings. The highest BCUT2D eigenvalue weighted by molar-refractivity contribution is 5.91. The second-order valence-electron chi connectivity index (χ2n) is 3.71. The molecule has 0 aliphatic rings. The first-order valence-corrected chi connectivity index (χ1v) is 5.54. The summed E-state index contributed by atoms with van der Waals surface area (Å²) in [5, 5.41) is 18.6. The Morgan fingerprint density at radius 3 is 2.71 bits per heavy atom. The molecule has 1 heterocycles. The molecular formula is C11H14N4O2. The molecule has 2 rings (SSSR count). The number of non-ortho nitro benzene ring substituents is 1. The molecular weight excluding hydrogens is 220 g/mol. The van der Waals surface area contributed by atoms with E-state index < -0.39 is 4.92 Å². The van der Waals surface area contributed by atoms with Crippen LogP contribution in [-0.4, -0.2) is 28.2 Å². The molecule has 0 atom stereocenters. The number of benzene rings is 1. The van der Waals surface area contributed by atoms with Gasteiger partial charge in [0, 0.05) is 25.2 Å². The van der Waals surface area contributed by atoms with Gasteiger partial charge in [0.25, 0.3) is 5.69 Å². The molecule has 0 spiro atoms. The van der Waals surface area contributed by atoms with Gasteiger partial charge in [-0.3, -0.25) is 15.2 Å². The Morgan fingerprint density at radius 2 is 2.12 bits per heavy atom. The molecule has 0 saturated carbocycles. The van der Waals surface area contributed by atoms with Gasteiger partial charge >= 0.3 is 0 Å². The molecule has 1 aromatic heterocycles. The molecule has 0 unspecified atom stereocenters. The van der Waals surface area contributed by atoms with E-state index in [9.17, 15) is 10.1 Å². The fourth-order valence-electron chi connectivity index (χ4n) is 1.87. The van der Waals surface area contributed by atoms with Crippen LogP contribution in [0.15, 0.2) is 18.2 Å². The Morgan fingerprint density at radius 1 is 1.41 bits per heavy atom. The lowest BCUT2D eigenvalue weighted by molar-refractivity contribution is -0.384. The van der Waals surface area contributed by atoms with Crippen LogP contribution in [0.25, 0.3) is 10.9 Å². The van der Waals surface area contributed by atoms with Crippen LogP contribution in [-0.2, 0) is 0 Å². The Bertz CT molecular complexity index is 545. The van der Waals surface area contributed by atoms with Crippen LogP contribution in [0, 0.1) is 10.1 Å². The summed E-state index contributed by atoms with van der Waals surface area (Å²) in [5.41, 5.74) is 0.907. The minimum Gasteiger partial charge on any atom is -0.355 e. The van der Waals surface area contributed by atoms with Crippen LogP contribution in [0.1, 0.15) is 13.8 Å². The van der Waals surface area contributed by atoms with Crippen molar-refractivity contribution in [3.05, 3.63) is 28.3 Å². The van der Waals surface area contributed by atoms with Crippen molar-refractivity contribution < 1.29 is 4.92 Å². The van der Waals surface area contributed by atoms with Gasteiger partial charge in [0.05, 0.1) is 15.8 Å². The van der Waals surface area contributed by atoms with Crippen LogP contribution in [0.5, 0.6) is 0 Å². The largest absolute Gasteiger partial charge is 0.355 e. The van der Waals surface area contributed by atoms with E-state index >= 15 is 0 Å². The van der Waals surface area contributed by atoms with E-state index in [2.05, 4.69) is 15.1 Å². The summed E-state index contributed by atoms with van der Waals surface area (Å²) < 4.78 is 0. The molecule has 90 valence electrons. The summed E-state index contributed by atoms with van der Waals surface area (Å²) in [5.74, 6) is 0.772. The highest BCUT2D eigenvalue weighted by Gasteiger charge is 2.14. The lowest BCUT2D eigenvalue weighted by Gasteiger charge is -2.17. The van der Waals surface area contributed by atoms with Crippen LogP contribution in [0.2, 0.25) is 0 Å². The lowest BCUT2D eigenvalue weighted by atomic mass is 10.2. The van der Waals surface area contributed by atoms with Gasteiger partial charge in [-0.25, -0.2) is 0 Å². The molecule has 17 heavy (non-hydrogen) atoms. The van der Waals surface area contributed by atoms with Gasteiger partial charge < -0.3 is 4.90 Å². The fourth-order valence-corrected chi connectivity index (χ4v) is 1.87. The molecule has 0 aliphatic heterocycles. The van der Waals surface area contributed by atoms with Crippen LogP contribution in [0.3, 0.4) is 0 Å². The Labute approximate surface area is 98.4 Å². The van der Waals surface area contributed by atoms with E-state index in [1.807, 2.05) is 13.8 Å². The van der Waals surface area contributed by atoms with E-state index in [1.165, 1.54) is 6.07 Å². The molecule has 6 heteroatoms. The van der Waals surface area contributed by atoms with E-state index in [1.54, 1.807) is 12.1 Å². The number of nitrogens with one attached hydrogen (secondary N) is 1. The van der Waals surface area contributed by atoms with Gasteiger partial charge in [-0.15, -0.1) is 0 Å². The minimum atomic E-state index is -0.390. The number of aromatic amines is 1. The average Bonchev–Trinajstić information content (AvgIpc) is 2.74. The van der Waals surface area contributed by atoms with Crippen molar-refractivity contribution in [2.75, 3.05) is 18.0 Å². The van der Waals surface area contributed by atoms with Gasteiger partial charge in [0.2, 0.25) is 0 Å². The number of fused-ring (bicyclic) bond motifs is 1. The average molecular weight is 234 g/mol. The Kier molecular flexibility index (Phi) is 2.95. The summed E-state index contributed by atoms with van der Waals surface area (Å²) in [7, 11) is 0. The number of nitro benzene ring substituents is 1. The van der Waals surface area contributed by atoms with Crippen molar-refractivity contribution in [2.24, 2.45) is 0 Å². The fraction of sp³-hybridized carbons (Fsp3) is 0.364. The highest BCUT2D eigenvalue weighted by atomic mass is 16.6. The molecule has 6 nitrogen and oxygen atoms in total. The number of rotatable bonds is 4. The maximum atomic E-state index is 10.7. The number of nitrogens with zero attached hydrogens (tertiary/aromatic N) is 3. The van der Waals surface area contributed by atoms with E-state index in [4.69, 9.17) is 0 Å². The second-order valence-corrected chi connectivity index (χ2v) is 3.71. The molecule has 0 bridgehead atoms. The summed E-state index contributed by atoms with van der Waals surface area (Å²) in [6, 6.07) is 4.73. The third-order valence-electron chi connectivity index (χ3n) is 2.80. The third kappa shape index (κ3) is 1.93. The number of anilines is 1. The standard InChI is InChI=1S/C11H14N4O2/c1-3-14(4-2)11-9-7-8(15(16)17)5-6-10(9)12-13-11/h5-7H,3-4H2,1-2H3,(H,12,13). The number of aromatic nitrogens is 2. The summed E-state index contributed by atoms with van der Waals surface area (Å²) in [6.07, 6.45) is 0. The predicted molar refractivity (Wildman–Crippen MR) is 66.3 cm³/mol. The first kappa shape index (κ1) is 11.4. The second kappa shape index (κ2) is 4.40. The van der Waals surface area contributed by atoms with Gasteiger partial charge in [-0.05, 0) is 19.9 Å². The SMILES string of the molecule is CCN(CC)c1n[nH]c2ccc([N+](=O)[O-])cc12. The van der Waals surface area contributed by atoms with Crippen molar-refractivity contribution >= 4 is 22.4 Å². The third-order valence-corrected chi connectivity index (χ3v) is 2.80. The molecule has 1 N–H and O–H groups in total. The van der Waals surface area contributed by atoms with Crippen molar-refractivity contribution in [1.29, 1.82) is 0 Å². The first-order valence-electron chi connectivity index (χ1n) is 5.54. The topological polar surface area (TPSA) is 75.1 Å². The van der Waals surface area contributed by atoms with E-state index in [-0.39, 0.29) is 5.69 Å². The van der Waals surface area contributed by atoms with Crippen molar-refractivity contribution in [3.8, 4) is 0 Å². The highest BCUT2D eigenvalue weighted by Crippen LogP contribution is 2.27. The van der Waals surface area contributed by atoms with Crippen molar-refractivity contribution in [3.63, 3.8) is 0 Å². The number of hydrogen-bond acceptors (Lipinski definition) is 4. The van der Waals surface area contributed by atoms with Gasteiger partial charge in [0.1, 0.15) is 0 Å². The zero-order chi connectivity index (χ0) is 12.4. The summed E-state index contributed by atoms with van der Waals surface area (Å²) >= 11 is 0. The zero-order valence-electron chi connectivity index (χ0n) is 9.80. The van der Waals surface area contributed by atoms with E-state index in [0.717, 1.165) is 29.8 Å². The Hall–Kier alpha value is -2.11.